The van der Waals surface area contributed by atoms with Crippen LogP contribution in [-0.2, 0) is 33.2 Å². The second-order valence-corrected chi connectivity index (χ2v) is 23.3. The lowest BCUT2D eigenvalue weighted by Gasteiger charge is -2.71. The van der Waals surface area contributed by atoms with Gasteiger partial charge in [-0.15, -0.1) is 0 Å². The van der Waals surface area contributed by atoms with Crippen molar-refractivity contribution in [2.75, 3.05) is 26.4 Å². The van der Waals surface area contributed by atoms with Crippen LogP contribution in [0.2, 0.25) is 0 Å². The second-order valence-electron chi connectivity index (χ2n) is 23.3. The van der Waals surface area contributed by atoms with E-state index < -0.39 is 135 Å². The van der Waals surface area contributed by atoms with Gasteiger partial charge < -0.3 is 89.7 Å². The number of aliphatic hydroxyl groups is 11. The highest BCUT2D eigenvalue weighted by atomic mass is 16.8. The van der Waals surface area contributed by atoms with Crippen LogP contribution >= 0.6 is 0 Å². The Balaban J connectivity index is 1.11. The average molecular weight is 959 g/mol. The van der Waals surface area contributed by atoms with E-state index in [4.69, 9.17) is 28.4 Å². The van der Waals surface area contributed by atoms with Gasteiger partial charge in [0.25, 0.3) is 0 Å². The van der Waals surface area contributed by atoms with Gasteiger partial charge in [0.2, 0.25) is 0 Å². The lowest BCUT2D eigenvalue weighted by molar-refractivity contribution is -0.400. The maximum atomic E-state index is 13.2. The van der Waals surface area contributed by atoms with Gasteiger partial charge in [-0.1, -0.05) is 53.2 Å². The Kier molecular flexibility index (Phi) is 14.4. The minimum atomic E-state index is -1.94. The molecule has 0 aromatic rings. The zero-order valence-corrected chi connectivity index (χ0v) is 39.7. The first-order valence-corrected chi connectivity index (χ1v) is 24.5. The Morgan fingerprint density at radius 3 is 1.70 bits per heavy atom. The fourth-order valence-electron chi connectivity index (χ4n) is 15.1. The summed E-state index contributed by atoms with van der Waals surface area (Å²) in [6.45, 7) is 10.9. The molecule has 7 fully saturated rings. The van der Waals surface area contributed by atoms with E-state index in [1.54, 1.807) is 0 Å². The summed E-state index contributed by atoms with van der Waals surface area (Å²) in [7, 11) is 0. The molecule has 3 aliphatic heterocycles. The van der Waals surface area contributed by atoms with E-state index in [0.29, 0.717) is 25.7 Å². The summed E-state index contributed by atoms with van der Waals surface area (Å²) in [5.74, 6) is -0.674. The summed E-state index contributed by atoms with van der Waals surface area (Å²) in [6.07, 6.45) is -17.1. The van der Waals surface area contributed by atoms with E-state index in [0.717, 1.165) is 38.5 Å². The summed E-state index contributed by atoms with van der Waals surface area (Å²) >= 11 is 0. The molecule has 24 atom stereocenters. The minimum absolute atomic E-state index is 0.0215. The van der Waals surface area contributed by atoms with E-state index in [-0.39, 0.29) is 46.0 Å². The van der Waals surface area contributed by atoms with Gasteiger partial charge in [0, 0.05) is 5.41 Å². The summed E-state index contributed by atoms with van der Waals surface area (Å²) in [4.78, 5) is 13.2. The number of aliphatic carboxylic acids is 1. The van der Waals surface area contributed by atoms with Crippen molar-refractivity contribution in [3.63, 3.8) is 0 Å². The minimum Gasteiger partial charge on any atom is -0.481 e. The van der Waals surface area contributed by atoms with E-state index in [1.807, 2.05) is 6.92 Å². The third-order valence-electron chi connectivity index (χ3n) is 19.5. The van der Waals surface area contributed by atoms with E-state index >= 15 is 0 Å². The van der Waals surface area contributed by atoms with Crippen LogP contribution in [0.4, 0.5) is 0 Å². The number of allylic oxidation sites excluding steroid dienone is 2. The third kappa shape index (κ3) is 8.10. The number of hydrogen-bond acceptors (Lipinski definition) is 18. The van der Waals surface area contributed by atoms with Crippen LogP contribution in [-0.4, -0.2) is 192 Å². The Morgan fingerprint density at radius 2 is 1.15 bits per heavy atom. The molecular formula is C48H78O19. The van der Waals surface area contributed by atoms with Gasteiger partial charge in [0.05, 0.1) is 37.9 Å². The summed E-state index contributed by atoms with van der Waals surface area (Å²) in [5, 5.41) is 129. The number of carboxylic acids is 1. The van der Waals surface area contributed by atoms with Crippen molar-refractivity contribution in [1.29, 1.82) is 0 Å². The van der Waals surface area contributed by atoms with Crippen molar-refractivity contribution in [3.8, 4) is 0 Å². The Labute approximate surface area is 392 Å². The average Bonchev–Trinajstić information content (AvgIpc) is 3.29. The number of rotatable bonds is 11. The number of ether oxygens (including phenoxy) is 6. The standard InChI is InChI=1S/C48H78O19/c1-43(2)13-15-48(42(60)61)16-14-46(5)22(23(48)17-43)7-8-28-44(3)11-10-29(45(4,21-52)27(44)9-12-47(28,46)6)65-41-38(67-40-36(59)34(57)31(54)25(19-50)63-40)37(32(55)26(20-51)64-41)66-39-35(58)33(56)30(53)24(18-49)62-39/h7,23-41,49-59H,8-21H2,1-6H3,(H,60,61)/t23-,24+,25+,26+,27+,28+,29-,30+,31+,32+,33-,34-,35+,36+,37-,38+,39-,40-,41-,44-,45-,46+,47+,48-/m0/s1. The molecule has 0 unspecified atom stereocenters. The van der Waals surface area contributed by atoms with Crippen LogP contribution in [0, 0.1) is 50.2 Å². The third-order valence-corrected chi connectivity index (χ3v) is 19.5. The topological polar surface area (TPSA) is 315 Å². The maximum absolute atomic E-state index is 13.2. The van der Waals surface area contributed by atoms with Crippen molar-refractivity contribution in [1.82, 2.24) is 0 Å². The summed E-state index contributed by atoms with van der Waals surface area (Å²) in [6, 6.07) is 0. The number of hydrogen-bond donors (Lipinski definition) is 12. The Hall–Kier alpha value is -1.47. The SMILES string of the molecule is CC1(C)CC[C@]2(C(=O)O)CC[C@]3(C)C(=CC[C@@H]4[C@@]5(C)CC[C@H](O[C@@H]6O[C@H](CO)[C@@H](O)[C@H](O[C@@H]7O[C@H](CO)[C@@H](O)[C@H](O)[C@H]7O)[C@H]6O[C@@H]6O[C@H](CO)[C@@H](O)[C@H](O)[C@H]6O)[C@@](C)(CO)[C@@H]5CC[C@]43C)[C@@H]2C1. The molecule has 19 nitrogen and oxygen atoms in total. The summed E-state index contributed by atoms with van der Waals surface area (Å²) in [5.41, 5.74) is -1.13. The summed E-state index contributed by atoms with van der Waals surface area (Å²) < 4.78 is 36.9. The first kappa shape index (κ1) is 51.9. The van der Waals surface area contributed by atoms with Crippen LogP contribution in [0.15, 0.2) is 11.6 Å². The van der Waals surface area contributed by atoms with Crippen LogP contribution in [0.1, 0.15) is 106 Å². The quantitative estimate of drug-likeness (QED) is 0.0933. The fraction of sp³-hybridized carbons (Fsp3) is 0.938. The van der Waals surface area contributed by atoms with Crippen molar-refractivity contribution < 1.29 is 94.5 Å². The largest absolute Gasteiger partial charge is 0.481 e. The second kappa shape index (κ2) is 18.5. The smallest absolute Gasteiger partial charge is 0.310 e. The highest BCUT2D eigenvalue weighted by Crippen LogP contribution is 2.76. The Morgan fingerprint density at radius 1 is 0.612 bits per heavy atom. The zero-order chi connectivity index (χ0) is 49.0. The van der Waals surface area contributed by atoms with Crippen LogP contribution in [0.3, 0.4) is 0 Å². The van der Waals surface area contributed by atoms with Crippen LogP contribution in [0.5, 0.6) is 0 Å². The van der Waals surface area contributed by atoms with Gasteiger partial charge in [-0.25, -0.2) is 0 Å². The molecule has 0 radical (unpaired) electrons. The van der Waals surface area contributed by atoms with Crippen molar-refractivity contribution in [2.24, 2.45) is 50.2 Å². The molecule has 3 heterocycles. The molecule has 0 amide bonds. The molecule has 12 N–H and O–H groups in total. The van der Waals surface area contributed by atoms with Gasteiger partial charge in [0.1, 0.15) is 73.2 Å². The van der Waals surface area contributed by atoms with Gasteiger partial charge in [0.15, 0.2) is 18.9 Å². The first-order valence-electron chi connectivity index (χ1n) is 24.5. The fourth-order valence-corrected chi connectivity index (χ4v) is 15.1. The molecule has 0 aromatic carbocycles. The molecule has 4 saturated carbocycles. The van der Waals surface area contributed by atoms with Crippen LogP contribution < -0.4 is 0 Å². The first-order chi connectivity index (χ1) is 31.4. The van der Waals surface area contributed by atoms with Crippen LogP contribution in [0.25, 0.3) is 0 Å². The van der Waals surface area contributed by atoms with E-state index in [9.17, 15) is 66.1 Å². The molecular weight excluding hydrogens is 881 g/mol. The Bertz CT molecular complexity index is 1810. The number of aliphatic hydroxyl groups excluding tert-OH is 11. The van der Waals surface area contributed by atoms with Gasteiger partial charge in [-0.05, 0) is 104 Å². The van der Waals surface area contributed by atoms with Crippen molar-refractivity contribution >= 4 is 5.97 Å². The van der Waals surface area contributed by atoms with E-state index in [2.05, 4.69) is 40.7 Å². The highest BCUT2D eigenvalue weighted by Gasteiger charge is 2.70. The molecule has 384 valence electrons. The lowest BCUT2D eigenvalue weighted by atomic mass is 9.33. The normalized spacial score (nSPS) is 54.2. The number of fused-ring (bicyclic) bond motifs is 7. The maximum Gasteiger partial charge on any atom is 0.310 e. The molecule has 0 aromatic heterocycles. The van der Waals surface area contributed by atoms with Gasteiger partial charge in [-0.3, -0.25) is 4.79 Å². The molecule has 8 rings (SSSR count). The zero-order valence-electron chi connectivity index (χ0n) is 39.7. The van der Waals surface area contributed by atoms with Gasteiger partial charge in [-0.2, -0.15) is 0 Å². The van der Waals surface area contributed by atoms with Crippen molar-refractivity contribution in [2.45, 2.75) is 204 Å². The van der Waals surface area contributed by atoms with Crippen molar-refractivity contribution in [3.05, 3.63) is 11.6 Å². The lowest BCUT2D eigenvalue weighted by Crippen LogP contribution is -2.69. The molecule has 3 saturated heterocycles. The molecule has 8 aliphatic rings. The number of carbonyl (C=O) groups is 1. The monoisotopic (exact) mass is 959 g/mol. The predicted molar refractivity (Wildman–Crippen MR) is 232 cm³/mol. The predicted octanol–water partition coefficient (Wildman–Crippen LogP) is -0.321. The number of carboxylic acid groups (broad SMARTS) is 1. The van der Waals surface area contributed by atoms with E-state index in [1.165, 1.54) is 5.57 Å². The molecule has 67 heavy (non-hydrogen) atoms. The molecule has 19 heteroatoms. The molecule has 5 aliphatic carbocycles. The highest BCUT2D eigenvalue weighted by molar-refractivity contribution is 5.76. The molecule has 0 bridgehead atoms. The van der Waals surface area contributed by atoms with Gasteiger partial charge >= 0.3 is 5.97 Å². The molecule has 0 spiro atoms.